The number of benzene rings is 1. The molecule has 0 fully saturated rings. The Bertz CT molecular complexity index is 418. The minimum Gasteiger partial charge on any atom is -0.478 e. The van der Waals surface area contributed by atoms with Crippen molar-refractivity contribution in [3.05, 3.63) is 42.2 Å². The third-order valence-electron chi connectivity index (χ3n) is 2.50. The summed E-state index contributed by atoms with van der Waals surface area (Å²) in [5.74, 6) is -1.65. The second kappa shape index (κ2) is 6.03. The molecule has 3 nitrogen and oxygen atoms in total. The molecule has 0 spiro atoms. The van der Waals surface area contributed by atoms with Crippen LogP contribution in [0.1, 0.15) is 23.2 Å². The van der Waals surface area contributed by atoms with Crippen molar-refractivity contribution >= 4 is 11.7 Å². The molecule has 0 saturated heterocycles. The standard InChI is InChI=1S/C13H16FNO2/c1-3-4-5-8-15(2)12-7-6-10(14)9-11(12)13(16)17/h3,6-7,9H,1,4-5,8H2,2H3,(H,16,17). The molecule has 0 aromatic heterocycles. The molecule has 0 unspecified atom stereocenters. The van der Waals surface area contributed by atoms with E-state index in [1.807, 2.05) is 11.0 Å². The minimum absolute atomic E-state index is 0.00824. The fraction of sp³-hybridized carbons (Fsp3) is 0.308. The van der Waals surface area contributed by atoms with E-state index in [1.54, 1.807) is 7.05 Å². The summed E-state index contributed by atoms with van der Waals surface area (Å²) in [6.07, 6.45) is 3.57. The first kappa shape index (κ1) is 13.2. The van der Waals surface area contributed by atoms with Crippen molar-refractivity contribution < 1.29 is 14.3 Å². The van der Waals surface area contributed by atoms with Gasteiger partial charge in [-0.25, -0.2) is 9.18 Å². The Hall–Kier alpha value is -1.84. The highest BCUT2D eigenvalue weighted by atomic mass is 19.1. The summed E-state index contributed by atoms with van der Waals surface area (Å²) >= 11 is 0. The second-order valence-corrected chi connectivity index (χ2v) is 3.82. The van der Waals surface area contributed by atoms with Crippen LogP contribution in [0.4, 0.5) is 10.1 Å². The lowest BCUT2D eigenvalue weighted by Gasteiger charge is -2.20. The number of carboxylic acids is 1. The minimum atomic E-state index is -1.12. The molecule has 0 amide bonds. The van der Waals surface area contributed by atoms with Gasteiger partial charge in [-0.3, -0.25) is 0 Å². The average Bonchev–Trinajstić information content (AvgIpc) is 2.29. The summed E-state index contributed by atoms with van der Waals surface area (Å²) in [5, 5.41) is 9.00. The molecule has 0 aliphatic carbocycles. The number of unbranched alkanes of at least 4 members (excludes halogenated alkanes) is 1. The zero-order chi connectivity index (χ0) is 12.8. The van der Waals surface area contributed by atoms with E-state index in [-0.39, 0.29) is 5.56 Å². The molecule has 0 atom stereocenters. The zero-order valence-electron chi connectivity index (χ0n) is 9.82. The lowest BCUT2D eigenvalue weighted by molar-refractivity contribution is 0.0697. The molecular formula is C13H16FNO2. The molecule has 0 aliphatic rings. The van der Waals surface area contributed by atoms with E-state index < -0.39 is 11.8 Å². The van der Waals surface area contributed by atoms with E-state index in [4.69, 9.17) is 5.11 Å². The van der Waals surface area contributed by atoms with Crippen molar-refractivity contribution in [2.75, 3.05) is 18.5 Å². The van der Waals surface area contributed by atoms with E-state index in [0.29, 0.717) is 12.2 Å². The molecule has 1 N–H and O–H groups in total. The number of carboxylic acid groups (broad SMARTS) is 1. The number of anilines is 1. The highest BCUT2D eigenvalue weighted by molar-refractivity contribution is 5.94. The van der Waals surface area contributed by atoms with Crippen LogP contribution in [0.3, 0.4) is 0 Å². The van der Waals surface area contributed by atoms with Gasteiger partial charge >= 0.3 is 5.97 Å². The predicted octanol–water partition coefficient (Wildman–Crippen LogP) is 2.93. The van der Waals surface area contributed by atoms with E-state index in [1.165, 1.54) is 12.1 Å². The molecule has 0 saturated carbocycles. The first-order valence-electron chi connectivity index (χ1n) is 5.41. The summed E-state index contributed by atoms with van der Waals surface area (Å²) < 4.78 is 13.0. The number of aromatic carboxylic acids is 1. The number of halogens is 1. The predicted molar refractivity (Wildman–Crippen MR) is 66.1 cm³/mol. The molecule has 0 aliphatic heterocycles. The van der Waals surface area contributed by atoms with Gasteiger partial charge < -0.3 is 10.0 Å². The average molecular weight is 237 g/mol. The van der Waals surface area contributed by atoms with Gasteiger partial charge in [-0.2, -0.15) is 0 Å². The number of allylic oxidation sites excluding steroid dienone is 1. The quantitative estimate of drug-likeness (QED) is 0.611. The Morgan fingerprint density at radius 2 is 2.29 bits per heavy atom. The molecule has 1 aromatic carbocycles. The van der Waals surface area contributed by atoms with Gasteiger partial charge in [0.05, 0.1) is 11.3 Å². The van der Waals surface area contributed by atoms with Gasteiger partial charge in [0.2, 0.25) is 0 Å². The monoisotopic (exact) mass is 237 g/mol. The lowest BCUT2D eigenvalue weighted by Crippen LogP contribution is -2.21. The molecule has 17 heavy (non-hydrogen) atoms. The number of hydrogen-bond acceptors (Lipinski definition) is 2. The molecule has 4 heteroatoms. The van der Waals surface area contributed by atoms with Crippen LogP contribution < -0.4 is 4.90 Å². The summed E-state index contributed by atoms with van der Waals surface area (Å²) in [6.45, 7) is 4.33. The van der Waals surface area contributed by atoms with Gasteiger partial charge in [0, 0.05) is 13.6 Å². The Labute approximate surface area is 100 Å². The molecule has 92 valence electrons. The van der Waals surface area contributed by atoms with Crippen molar-refractivity contribution in [2.45, 2.75) is 12.8 Å². The van der Waals surface area contributed by atoms with E-state index in [2.05, 4.69) is 6.58 Å². The first-order chi connectivity index (χ1) is 8.06. The number of carbonyl (C=O) groups is 1. The second-order valence-electron chi connectivity index (χ2n) is 3.82. The summed E-state index contributed by atoms with van der Waals surface area (Å²) in [5.41, 5.74) is 0.522. The fourth-order valence-electron chi connectivity index (χ4n) is 1.61. The summed E-state index contributed by atoms with van der Waals surface area (Å²) in [7, 11) is 1.79. The molecule has 1 rings (SSSR count). The van der Waals surface area contributed by atoms with Crippen molar-refractivity contribution in [3.63, 3.8) is 0 Å². The molecule has 0 radical (unpaired) electrons. The van der Waals surface area contributed by atoms with Crippen LogP contribution in [0, 0.1) is 5.82 Å². The van der Waals surface area contributed by atoms with E-state index in [0.717, 1.165) is 18.9 Å². The van der Waals surface area contributed by atoms with E-state index in [9.17, 15) is 9.18 Å². The third-order valence-corrected chi connectivity index (χ3v) is 2.50. The van der Waals surface area contributed by atoms with Gasteiger partial charge in [0.25, 0.3) is 0 Å². The molecule has 0 bridgehead atoms. The van der Waals surface area contributed by atoms with Crippen LogP contribution in [0.5, 0.6) is 0 Å². The Kier molecular flexibility index (Phi) is 4.69. The van der Waals surface area contributed by atoms with Crippen LogP contribution in [-0.4, -0.2) is 24.7 Å². The van der Waals surface area contributed by atoms with Crippen LogP contribution in [-0.2, 0) is 0 Å². The van der Waals surface area contributed by atoms with Gasteiger partial charge in [0.15, 0.2) is 0 Å². The number of nitrogens with zero attached hydrogens (tertiary/aromatic N) is 1. The van der Waals surface area contributed by atoms with Gasteiger partial charge in [-0.05, 0) is 31.0 Å². The largest absolute Gasteiger partial charge is 0.478 e. The number of rotatable bonds is 6. The van der Waals surface area contributed by atoms with Gasteiger partial charge in [-0.1, -0.05) is 6.08 Å². The first-order valence-corrected chi connectivity index (χ1v) is 5.41. The topological polar surface area (TPSA) is 40.5 Å². The smallest absolute Gasteiger partial charge is 0.337 e. The number of hydrogen-bond donors (Lipinski definition) is 1. The summed E-state index contributed by atoms with van der Waals surface area (Å²) in [6, 6.07) is 3.81. The van der Waals surface area contributed by atoms with E-state index >= 15 is 0 Å². The molecule has 1 aromatic rings. The van der Waals surface area contributed by atoms with Crippen LogP contribution >= 0.6 is 0 Å². The van der Waals surface area contributed by atoms with Crippen molar-refractivity contribution in [3.8, 4) is 0 Å². The fourth-order valence-corrected chi connectivity index (χ4v) is 1.61. The maximum absolute atomic E-state index is 13.0. The SMILES string of the molecule is C=CCCCN(C)c1ccc(F)cc1C(=O)O. The van der Waals surface area contributed by atoms with Crippen molar-refractivity contribution in [1.29, 1.82) is 0 Å². The Morgan fingerprint density at radius 3 is 2.88 bits per heavy atom. The third kappa shape index (κ3) is 3.59. The van der Waals surface area contributed by atoms with Gasteiger partial charge in [0.1, 0.15) is 5.82 Å². The van der Waals surface area contributed by atoms with Crippen LogP contribution in [0.15, 0.2) is 30.9 Å². The van der Waals surface area contributed by atoms with Crippen LogP contribution in [0.25, 0.3) is 0 Å². The molecular weight excluding hydrogens is 221 g/mol. The maximum atomic E-state index is 13.0. The maximum Gasteiger partial charge on any atom is 0.337 e. The lowest BCUT2D eigenvalue weighted by atomic mass is 10.1. The molecule has 0 heterocycles. The highest BCUT2D eigenvalue weighted by Crippen LogP contribution is 2.21. The normalized spacial score (nSPS) is 10.0. The Balaban J connectivity index is 2.88. The van der Waals surface area contributed by atoms with Gasteiger partial charge in [-0.15, -0.1) is 6.58 Å². The van der Waals surface area contributed by atoms with Crippen molar-refractivity contribution in [1.82, 2.24) is 0 Å². The van der Waals surface area contributed by atoms with Crippen LogP contribution in [0.2, 0.25) is 0 Å². The summed E-state index contributed by atoms with van der Waals surface area (Å²) in [4.78, 5) is 12.8. The van der Waals surface area contributed by atoms with Crippen molar-refractivity contribution in [2.24, 2.45) is 0 Å². The highest BCUT2D eigenvalue weighted by Gasteiger charge is 2.14. The Morgan fingerprint density at radius 1 is 1.59 bits per heavy atom. The zero-order valence-corrected chi connectivity index (χ0v) is 9.82.